The van der Waals surface area contributed by atoms with Crippen molar-refractivity contribution in [2.45, 2.75) is 25.3 Å². The maximum atomic E-state index is 12.9. The number of esters is 1. The van der Waals surface area contributed by atoms with Gasteiger partial charge in [-0.25, -0.2) is 4.79 Å². The molecule has 0 saturated heterocycles. The van der Waals surface area contributed by atoms with E-state index in [1.165, 1.54) is 0 Å². The first-order valence-corrected chi connectivity index (χ1v) is 11.1. The molecular formula is C27H26N2O4. The van der Waals surface area contributed by atoms with Crippen LogP contribution in [0.1, 0.15) is 27.9 Å². The summed E-state index contributed by atoms with van der Waals surface area (Å²) >= 11 is 0. The van der Waals surface area contributed by atoms with Gasteiger partial charge >= 0.3 is 5.97 Å². The van der Waals surface area contributed by atoms with E-state index in [0.717, 1.165) is 29.7 Å². The zero-order chi connectivity index (χ0) is 23.0. The van der Waals surface area contributed by atoms with Gasteiger partial charge in [0.1, 0.15) is 6.04 Å². The highest BCUT2D eigenvalue weighted by Crippen LogP contribution is 2.26. The third kappa shape index (κ3) is 5.66. The molecule has 1 atom stereocenters. The number of hydrogen-bond donors (Lipinski definition) is 1. The zero-order valence-electron chi connectivity index (χ0n) is 18.3. The summed E-state index contributed by atoms with van der Waals surface area (Å²) in [6.07, 6.45) is 2.05. The molecule has 1 unspecified atom stereocenters. The number of benzene rings is 3. The lowest BCUT2D eigenvalue weighted by molar-refractivity contribution is -0.149. The Balaban J connectivity index is 1.43. The van der Waals surface area contributed by atoms with Crippen molar-refractivity contribution in [1.82, 2.24) is 5.32 Å². The highest BCUT2D eigenvalue weighted by atomic mass is 16.5. The third-order valence-corrected chi connectivity index (χ3v) is 5.66. The molecule has 6 nitrogen and oxygen atoms in total. The van der Waals surface area contributed by atoms with E-state index in [4.69, 9.17) is 4.74 Å². The van der Waals surface area contributed by atoms with Crippen molar-refractivity contribution in [3.8, 4) is 0 Å². The van der Waals surface area contributed by atoms with Crippen LogP contribution in [-0.2, 0) is 27.2 Å². The van der Waals surface area contributed by atoms with Crippen molar-refractivity contribution in [3.63, 3.8) is 0 Å². The molecule has 0 aliphatic carbocycles. The van der Waals surface area contributed by atoms with Crippen molar-refractivity contribution >= 4 is 23.5 Å². The minimum absolute atomic E-state index is 0.263. The Kier molecular flexibility index (Phi) is 7.15. The number of carbonyl (C=O) groups excluding carboxylic acids is 3. The van der Waals surface area contributed by atoms with Gasteiger partial charge in [-0.2, -0.15) is 0 Å². The third-order valence-electron chi connectivity index (χ3n) is 5.66. The zero-order valence-corrected chi connectivity index (χ0v) is 18.3. The van der Waals surface area contributed by atoms with Crippen molar-refractivity contribution in [1.29, 1.82) is 0 Å². The first-order chi connectivity index (χ1) is 16.1. The van der Waals surface area contributed by atoms with Gasteiger partial charge in [-0.3, -0.25) is 9.59 Å². The highest BCUT2D eigenvalue weighted by molar-refractivity contribution is 5.98. The van der Waals surface area contributed by atoms with Crippen LogP contribution in [0.4, 0.5) is 5.69 Å². The van der Waals surface area contributed by atoms with Gasteiger partial charge in [0.2, 0.25) is 0 Å². The molecule has 0 radical (unpaired) electrons. The van der Waals surface area contributed by atoms with Gasteiger partial charge in [-0.15, -0.1) is 0 Å². The Hall–Kier alpha value is -3.93. The first-order valence-electron chi connectivity index (χ1n) is 11.1. The topological polar surface area (TPSA) is 75.7 Å². The molecule has 33 heavy (non-hydrogen) atoms. The van der Waals surface area contributed by atoms with Crippen molar-refractivity contribution in [2.75, 3.05) is 18.1 Å². The standard InChI is InChI=1S/C27H26N2O4/c30-25(29-17-9-15-21-12-7-8-16-24(21)29)19-33-27(32)23(18-20-10-3-1-4-11-20)28-26(31)22-13-5-2-6-14-22/h1-8,10-14,16,23H,9,15,17-19H2,(H,28,31). The number of fused-ring (bicyclic) bond motifs is 1. The fourth-order valence-corrected chi connectivity index (χ4v) is 3.98. The largest absolute Gasteiger partial charge is 0.454 e. The lowest BCUT2D eigenvalue weighted by Crippen LogP contribution is -2.45. The molecule has 1 aliphatic heterocycles. The van der Waals surface area contributed by atoms with E-state index >= 15 is 0 Å². The molecule has 0 fully saturated rings. The highest BCUT2D eigenvalue weighted by Gasteiger charge is 2.27. The smallest absolute Gasteiger partial charge is 0.329 e. The van der Waals surface area contributed by atoms with Gasteiger partial charge in [0, 0.05) is 24.2 Å². The van der Waals surface area contributed by atoms with Gasteiger partial charge in [0.25, 0.3) is 11.8 Å². The summed E-state index contributed by atoms with van der Waals surface area (Å²) in [4.78, 5) is 40.1. The van der Waals surface area contributed by atoms with Crippen molar-refractivity contribution < 1.29 is 19.1 Å². The SMILES string of the molecule is O=C(NC(Cc1ccccc1)C(=O)OCC(=O)N1CCCc2ccccc21)c1ccccc1. The predicted molar refractivity (Wildman–Crippen MR) is 126 cm³/mol. The van der Waals surface area contributed by atoms with E-state index in [1.54, 1.807) is 29.2 Å². The average Bonchev–Trinajstić information content (AvgIpc) is 2.87. The molecule has 1 N–H and O–H groups in total. The molecule has 3 aromatic rings. The Morgan fingerprint density at radius 2 is 1.55 bits per heavy atom. The quantitative estimate of drug-likeness (QED) is 0.568. The van der Waals surface area contributed by atoms with Gasteiger partial charge in [-0.05, 0) is 42.2 Å². The van der Waals surface area contributed by atoms with Crippen LogP contribution in [0.5, 0.6) is 0 Å². The second kappa shape index (κ2) is 10.6. The summed E-state index contributed by atoms with van der Waals surface area (Å²) in [5, 5.41) is 2.76. The molecular weight excluding hydrogens is 416 g/mol. The lowest BCUT2D eigenvalue weighted by Gasteiger charge is -2.29. The van der Waals surface area contributed by atoms with E-state index in [-0.39, 0.29) is 24.8 Å². The molecule has 3 aromatic carbocycles. The second-order valence-corrected chi connectivity index (χ2v) is 7.97. The van der Waals surface area contributed by atoms with Crippen LogP contribution in [0.2, 0.25) is 0 Å². The number of hydrogen-bond acceptors (Lipinski definition) is 4. The minimum atomic E-state index is -0.915. The Morgan fingerprint density at radius 1 is 0.879 bits per heavy atom. The van der Waals surface area contributed by atoms with Crippen LogP contribution in [0, 0.1) is 0 Å². The summed E-state index contributed by atoms with van der Waals surface area (Å²) in [7, 11) is 0. The Morgan fingerprint density at radius 3 is 2.30 bits per heavy atom. The van der Waals surface area contributed by atoms with E-state index in [1.807, 2.05) is 60.7 Å². The van der Waals surface area contributed by atoms with Crippen molar-refractivity contribution in [3.05, 3.63) is 102 Å². The number of amides is 2. The number of carbonyl (C=O) groups is 3. The number of nitrogens with zero attached hydrogens (tertiary/aromatic N) is 1. The minimum Gasteiger partial charge on any atom is -0.454 e. The normalized spacial score (nSPS) is 13.5. The first kappa shape index (κ1) is 22.3. The molecule has 4 rings (SSSR count). The van der Waals surface area contributed by atoms with E-state index < -0.39 is 12.0 Å². The number of ether oxygens (including phenoxy) is 1. The van der Waals surface area contributed by atoms with Gasteiger partial charge in [0.05, 0.1) is 0 Å². The molecule has 0 saturated carbocycles. The Labute approximate surface area is 193 Å². The number of aryl methyl sites for hydroxylation is 1. The van der Waals surface area contributed by atoms with Crippen LogP contribution in [-0.4, -0.2) is 37.0 Å². The molecule has 2 amide bonds. The Bertz CT molecular complexity index is 1120. The lowest BCUT2D eigenvalue weighted by atomic mass is 10.0. The van der Waals surface area contributed by atoms with Gasteiger partial charge in [-0.1, -0.05) is 66.7 Å². The van der Waals surface area contributed by atoms with Crippen LogP contribution in [0.25, 0.3) is 0 Å². The van der Waals surface area contributed by atoms with E-state index in [2.05, 4.69) is 5.32 Å². The monoisotopic (exact) mass is 442 g/mol. The number of para-hydroxylation sites is 1. The number of anilines is 1. The van der Waals surface area contributed by atoms with Gasteiger partial charge < -0.3 is 15.0 Å². The predicted octanol–water partition coefficient (Wildman–Crippen LogP) is 3.55. The van der Waals surface area contributed by atoms with E-state index in [0.29, 0.717) is 12.1 Å². The summed E-state index contributed by atoms with van der Waals surface area (Å²) in [5.74, 6) is -1.28. The fraction of sp³-hybridized carbons (Fsp3) is 0.222. The molecule has 0 aromatic heterocycles. The summed E-state index contributed by atoms with van der Waals surface area (Å²) in [6, 6.07) is 24.9. The van der Waals surface area contributed by atoms with Crippen LogP contribution < -0.4 is 10.2 Å². The molecule has 6 heteroatoms. The maximum Gasteiger partial charge on any atom is 0.329 e. The number of nitrogens with one attached hydrogen (secondary N) is 1. The van der Waals surface area contributed by atoms with Gasteiger partial charge in [0.15, 0.2) is 6.61 Å². The maximum absolute atomic E-state index is 12.9. The van der Waals surface area contributed by atoms with Crippen molar-refractivity contribution in [2.24, 2.45) is 0 Å². The molecule has 1 aliphatic rings. The van der Waals surface area contributed by atoms with Crippen LogP contribution >= 0.6 is 0 Å². The summed E-state index contributed by atoms with van der Waals surface area (Å²) in [6.45, 7) is 0.214. The van der Waals surface area contributed by atoms with Crippen LogP contribution in [0.3, 0.4) is 0 Å². The van der Waals surface area contributed by atoms with E-state index in [9.17, 15) is 14.4 Å². The number of rotatable bonds is 7. The molecule has 168 valence electrons. The summed E-state index contributed by atoms with van der Waals surface area (Å²) < 4.78 is 5.40. The van der Waals surface area contributed by atoms with Crippen LogP contribution in [0.15, 0.2) is 84.9 Å². The molecule has 0 spiro atoms. The molecule has 1 heterocycles. The molecule has 0 bridgehead atoms. The average molecular weight is 443 g/mol. The second-order valence-electron chi connectivity index (χ2n) is 7.97. The summed E-state index contributed by atoms with van der Waals surface area (Å²) in [5.41, 5.74) is 3.30. The fourth-order valence-electron chi connectivity index (χ4n) is 3.98.